The first-order valence-corrected chi connectivity index (χ1v) is 10.0. The van der Waals surface area contributed by atoms with Gasteiger partial charge in [0, 0.05) is 30.2 Å². The van der Waals surface area contributed by atoms with Crippen LogP contribution in [0.1, 0.15) is 40.4 Å². The van der Waals surface area contributed by atoms with Crippen molar-refractivity contribution in [3.63, 3.8) is 0 Å². The number of rotatable bonds is 6. The predicted molar refractivity (Wildman–Crippen MR) is 109 cm³/mol. The van der Waals surface area contributed by atoms with Crippen molar-refractivity contribution in [3.05, 3.63) is 70.2 Å². The number of carbonyl (C=O) groups is 3. The lowest BCUT2D eigenvalue weighted by Crippen LogP contribution is -2.44. The molecule has 0 bridgehead atoms. The van der Waals surface area contributed by atoms with Crippen LogP contribution >= 0.6 is 11.6 Å². The van der Waals surface area contributed by atoms with Crippen LogP contribution in [0.2, 0.25) is 5.02 Å². The van der Waals surface area contributed by atoms with Crippen molar-refractivity contribution in [3.8, 4) is 0 Å². The first kappa shape index (κ1) is 19.5. The Hall–Kier alpha value is -2.86. The molecule has 1 atom stereocenters. The van der Waals surface area contributed by atoms with Crippen LogP contribution in [0.3, 0.4) is 0 Å². The molecule has 1 saturated carbocycles. The summed E-state index contributed by atoms with van der Waals surface area (Å²) in [4.78, 5) is 41.4. The summed E-state index contributed by atoms with van der Waals surface area (Å²) in [5.41, 5.74) is 2.19. The van der Waals surface area contributed by atoms with Gasteiger partial charge in [-0.3, -0.25) is 14.4 Å². The number of benzene rings is 2. The summed E-state index contributed by atoms with van der Waals surface area (Å²) in [5, 5.41) is 3.34. The molecular weight excluding hydrogens is 390 g/mol. The SMILES string of the molecule is CN(Cc1cccc(Cl)c1)C(=O)CNC(=O)C1c2ccccc2C(=O)N1C1CC1. The van der Waals surface area contributed by atoms with Crippen molar-refractivity contribution < 1.29 is 14.4 Å². The maximum absolute atomic E-state index is 12.9. The number of likely N-dealkylation sites (N-methyl/N-ethyl adjacent to an activating group) is 1. The molecule has 1 heterocycles. The van der Waals surface area contributed by atoms with Gasteiger partial charge in [-0.2, -0.15) is 0 Å². The molecule has 1 fully saturated rings. The van der Waals surface area contributed by atoms with Gasteiger partial charge >= 0.3 is 0 Å². The Labute approximate surface area is 174 Å². The van der Waals surface area contributed by atoms with Crippen LogP contribution in [-0.2, 0) is 16.1 Å². The molecule has 2 aliphatic rings. The van der Waals surface area contributed by atoms with Gasteiger partial charge in [-0.1, -0.05) is 41.9 Å². The molecule has 7 heteroatoms. The maximum Gasteiger partial charge on any atom is 0.255 e. The van der Waals surface area contributed by atoms with Crippen molar-refractivity contribution in [2.75, 3.05) is 13.6 Å². The highest BCUT2D eigenvalue weighted by atomic mass is 35.5. The third-order valence-corrected chi connectivity index (χ3v) is 5.57. The molecule has 150 valence electrons. The lowest BCUT2D eigenvalue weighted by molar-refractivity contribution is -0.133. The van der Waals surface area contributed by atoms with Gasteiger partial charge in [0.05, 0.1) is 6.54 Å². The van der Waals surface area contributed by atoms with Crippen molar-refractivity contribution in [1.82, 2.24) is 15.1 Å². The number of fused-ring (bicyclic) bond motifs is 1. The number of nitrogens with zero attached hydrogens (tertiary/aromatic N) is 2. The summed E-state index contributed by atoms with van der Waals surface area (Å²) in [6.07, 6.45) is 1.82. The Balaban J connectivity index is 1.41. The number of amides is 3. The number of halogens is 1. The van der Waals surface area contributed by atoms with Crippen LogP contribution in [0.5, 0.6) is 0 Å². The van der Waals surface area contributed by atoms with Crippen LogP contribution in [0.4, 0.5) is 0 Å². The van der Waals surface area contributed by atoms with E-state index in [0.717, 1.165) is 18.4 Å². The maximum atomic E-state index is 12.9. The average molecular weight is 412 g/mol. The fourth-order valence-corrected chi connectivity index (χ4v) is 3.94. The third-order valence-electron chi connectivity index (χ3n) is 5.34. The number of nitrogens with one attached hydrogen (secondary N) is 1. The molecule has 2 aromatic carbocycles. The van der Waals surface area contributed by atoms with E-state index in [9.17, 15) is 14.4 Å². The fraction of sp³-hybridized carbons (Fsp3) is 0.318. The average Bonchev–Trinajstić information content (AvgIpc) is 3.50. The summed E-state index contributed by atoms with van der Waals surface area (Å²) >= 11 is 5.99. The molecule has 6 nitrogen and oxygen atoms in total. The molecule has 1 N–H and O–H groups in total. The Bertz CT molecular complexity index is 973. The zero-order valence-corrected chi connectivity index (χ0v) is 16.9. The van der Waals surface area contributed by atoms with Crippen molar-refractivity contribution in [1.29, 1.82) is 0 Å². The zero-order chi connectivity index (χ0) is 20.5. The van der Waals surface area contributed by atoms with Gasteiger partial charge < -0.3 is 15.1 Å². The van der Waals surface area contributed by atoms with Crippen LogP contribution in [0, 0.1) is 0 Å². The van der Waals surface area contributed by atoms with E-state index in [4.69, 9.17) is 11.6 Å². The normalized spacial score (nSPS) is 17.8. The minimum absolute atomic E-state index is 0.104. The van der Waals surface area contributed by atoms with Crippen molar-refractivity contribution >= 4 is 29.3 Å². The molecular formula is C22H22ClN3O3. The summed E-state index contributed by atoms with van der Waals surface area (Å²) in [6.45, 7) is 0.273. The smallest absolute Gasteiger partial charge is 0.255 e. The molecule has 0 saturated heterocycles. The molecule has 1 unspecified atom stereocenters. The lowest BCUT2D eigenvalue weighted by Gasteiger charge is -2.25. The minimum Gasteiger partial charge on any atom is -0.345 e. The van der Waals surface area contributed by atoms with E-state index in [-0.39, 0.29) is 30.3 Å². The highest BCUT2D eigenvalue weighted by molar-refractivity contribution is 6.30. The molecule has 2 aromatic rings. The molecule has 3 amide bonds. The second-order valence-electron chi connectivity index (χ2n) is 7.53. The zero-order valence-electron chi connectivity index (χ0n) is 16.1. The number of hydrogen-bond acceptors (Lipinski definition) is 3. The summed E-state index contributed by atoms with van der Waals surface area (Å²) in [5.74, 6) is -0.638. The first-order valence-electron chi connectivity index (χ1n) is 9.63. The molecule has 1 aliphatic carbocycles. The van der Waals surface area contributed by atoms with Gasteiger partial charge in [-0.15, -0.1) is 0 Å². The monoisotopic (exact) mass is 411 g/mol. The molecule has 0 radical (unpaired) electrons. The van der Waals surface area contributed by atoms with Gasteiger partial charge in [0.2, 0.25) is 11.8 Å². The van der Waals surface area contributed by atoms with Crippen molar-refractivity contribution in [2.24, 2.45) is 0 Å². The highest BCUT2D eigenvalue weighted by Gasteiger charge is 2.47. The first-order chi connectivity index (χ1) is 14.0. The van der Waals surface area contributed by atoms with E-state index in [1.807, 2.05) is 24.3 Å². The summed E-state index contributed by atoms with van der Waals surface area (Å²) in [7, 11) is 1.68. The molecule has 1 aliphatic heterocycles. The topological polar surface area (TPSA) is 69.7 Å². The van der Waals surface area contributed by atoms with Gasteiger partial charge in [-0.05, 0) is 42.2 Å². The van der Waals surface area contributed by atoms with E-state index < -0.39 is 6.04 Å². The van der Waals surface area contributed by atoms with Gasteiger partial charge in [-0.25, -0.2) is 0 Å². The van der Waals surface area contributed by atoms with Gasteiger partial charge in [0.1, 0.15) is 6.04 Å². The third kappa shape index (κ3) is 3.98. The molecule has 4 rings (SSSR count). The molecule has 0 aromatic heterocycles. The van der Waals surface area contributed by atoms with E-state index >= 15 is 0 Å². The largest absolute Gasteiger partial charge is 0.345 e. The number of hydrogen-bond donors (Lipinski definition) is 1. The second kappa shape index (κ2) is 7.87. The van der Waals surface area contributed by atoms with Crippen LogP contribution in [-0.4, -0.2) is 47.2 Å². The highest BCUT2D eigenvalue weighted by Crippen LogP contribution is 2.41. The Kier molecular flexibility index (Phi) is 5.28. The van der Waals surface area contributed by atoms with E-state index in [1.54, 1.807) is 41.1 Å². The van der Waals surface area contributed by atoms with Gasteiger partial charge in [0.25, 0.3) is 5.91 Å². The lowest BCUT2D eigenvalue weighted by atomic mass is 10.0. The van der Waals surface area contributed by atoms with Crippen LogP contribution < -0.4 is 5.32 Å². The van der Waals surface area contributed by atoms with E-state index in [2.05, 4.69) is 5.32 Å². The van der Waals surface area contributed by atoms with E-state index in [0.29, 0.717) is 22.7 Å². The van der Waals surface area contributed by atoms with Gasteiger partial charge in [0.15, 0.2) is 0 Å². The molecule has 29 heavy (non-hydrogen) atoms. The summed E-state index contributed by atoms with van der Waals surface area (Å²) < 4.78 is 0. The Morgan fingerprint density at radius 3 is 2.66 bits per heavy atom. The van der Waals surface area contributed by atoms with Crippen LogP contribution in [0.25, 0.3) is 0 Å². The van der Waals surface area contributed by atoms with Crippen LogP contribution in [0.15, 0.2) is 48.5 Å². The standard InChI is InChI=1S/C22H22ClN3O3/c1-25(13-14-5-4-6-15(23)11-14)19(27)12-24-21(28)20-17-7-2-3-8-18(17)22(29)26(20)16-9-10-16/h2-8,11,16,20H,9-10,12-13H2,1H3,(H,24,28). The quantitative estimate of drug-likeness (QED) is 0.794. The molecule has 0 spiro atoms. The van der Waals surface area contributed by atoms with Crippen molar-refractivity contribution in [2.45, 2.75) is 31.5 Å². The Morgan fingerprint density at radius 2 is 1.93 bits per heavy atom. The van der Waals surface area contributed by atoms with E-state index in [1.165, 1.54) is 0 Å². The minimum atomic E-state index is -0.669. The Morgan fingerprint density at radius 1 is 1.17 bits per heavy atom. The predicted octanol–water partition coefficient (Wildman–Crippen LogP) is 2.77. The number of carbonyl (C=O) groups excluding carboxylic acids is 3. The summed E-state index contributed by atoms with van der Waals surface area (Å²) in [6, 6.07) is 13.9. The second-order valence-corrected chi connectivity index (χ2v) is 7.97. The fourth-order valence-electron chi connectivity index (χ4n) is 3.73.